The maximum Gasteiger partial charge on any atom is 0.124 e. The molecule has 0 radical (unpaired) electrons. The summed E-state index contributed by atoms with van der Waals surface area (Å²) < 4.78 is 13.3. The summed E-state index contributed by atoms with van der Waals surface area (Å²) in [5.74, 6) is -0.263. The van der Waals surface area contributed by atoms with Gasteiger partial charge in [0.1, 0.15) is 5.82 Å². The van der Waals surface area contributed by atoms with Gasteiger partial charge in [0.25, 0.3) is 0 Å². The smallest absolute Gasteiger partial charge is 0.124 e. The summed E-state index contributed by atoms with van der Waals surface area (Å²) in [6, 6.07) is 4.63. The van der Waals surface area contributed by atoms with E-state index in [0.29, 0.717) is 5.02 Å². The van der Waals surface area contributed by atoms with Crippen LogP contribution >= 0.6 is 11.6 Å². The molecule has 3 heteroatoms. The number of fused-ring (bicyclic) bond motifs is 2. The summed E-state index contributed by atoms with van der Waals surface area (Å²) >= 11 is 6.45. The van der Waals surface area contributed by atoms with Crippen molar-refractivity contribution in [2.75, 3.05) is 0 Å². The van der Waals surface area contributed by atoms with Crippen LogP contribution in [0, 0.1) is 5.82 Å². The highest BCUT2D eigenvalue weighted by Gasteiger charge is 2.31. The van der Waals surface area contributed by atoms with Crippen LogP contribution in [0.1, 0.15) is 37.9 Å². The Kier molecular flexibility index (Phi) is 2.60. The molecule has 1 aromatic heterocycles. The van der Waals surface area contributed by atoms with Crippen LogP contribution in [0.4, 0.5) is 4.39 Å². The second kappa shape index (κ2) is 3.92. The van der Waals surface area contributed by atoms with Gasteiger partial charge in [-0.3, -0.25) is 4.98 Å². The Hall–Kier alpha value is -1.15. The number of aromatic nitrogens is 1. The molecule has 0 fully saturated rings. The van der Waals surface area contributed by atoms with Gasteiger partial charge in [-0.1, -0.05) is 25.4 Å². The molecule has 0 saturated heterocycles. The average molecular weight is 264 g/mol. The Balaban J connectivity index is 2.37. The molecule has 94 valence electrons. The molecular formula is C15H15ClFN. The third kappa shape index (κ3) is 1.71. The van der Waals surface area contributed by atoms with Crippen LogP contribution < -0.4 is 0 Å². The van der Waals surface area contributed by atoms with E-state index in [9.17, 15) is 4.39 Å². The van der Waals surface area contributed by atoms with Gasteiger partial charge in [-0.05, 0) is 43.0 Å². The van der Waals surface area contributed by atoms with Gasteiger partial charge >= 0.3 is 0 Å². The van der Waals surface area contributed by atoms with E-state index in [2.05, 4.69) is 13.8 Å². The van der Waals surface area contributed by atoms with Crippen LogP contribution in [0.15, 0.2) is 18.2 Å². The molecule has 2 aromatic rings. The second-order valence-corrected chi connectivity index (χ2v) is 6.03. The summed E-state index contributed by atoms with van der Waals surface area (Å²) in [7, 11) is 0. The van der Waals surface area contributed by atoms with Gasteiger partial charge in [-0.2, -0.15) is 0 Å². The SMILES string of the molecule is CC1(C)CCCc2c1nc1ccc(F)cc1c2Cl. The summed E-state index contributed by atoms with van der Waals surface area (Å²) in [6.45, 7) is 4.40. The lowest BCUT2D eigenvalue weighted by Crippen LogP contribution is -2.25. The lowest BCUT2D eigenvalue weighted by Gasteiger charge is -2.32. The molecule has 0 saturated carbocycles. The molecule has 1 aliphatic rings. The van der Waals surface area contributed by atoms with Gasteiger partial charge in [-0.15, -0.1) is 0 Å². The summed E-state index contributed by atoms with van der Waals surface area (Å²) in [5.41, 5.74) is 3.03. The molecule has 0 bridgehead atoms. The topological polar surface area (TPSA) is 12.9 Å². The van der Waals surface area contributed by atoms with Crippen molar-refractivity contribution >= 4 is 22.5 Å². The summed E-state index contributed by atoms with van der Waals surface area (Å²) in [5, 5.41) is 1.41. The van der Waals surface area contributed by atoms with Gasteiger partial charge in [0.05, 0.1) is 16.2 Å². The third-order valence-corrected chi connectivity index (χ3v) is 4.28. The van der Waals surface area contributed by atoms with Crippen molar-refractivity contribution in [3.05, 3.63) is 40.3 Å². The fourth-order valence-electron chi connectivity index (χ4n) is 2.85. The lowest BCUT2D eigenvalue weighted by molar-refractivity contribution is 0.420. The maximum atomic E-state index is 13.3. The fraction of sp³-hybridized carbons (Fsp3) is 0.400. The van der Waals surface area contributed by atoms with Crippen molar-refractivity contribution in [2.24, 2.45) is 0 Å². The lowest BCUT2D eigenvalue weighted by atomic mass is 9.75. The van der Waals surface area contributed by atoms with Crippen LogP contribution in [-0.2, 0) is 11.8 Å². The molecular weight excluding hydrogens is 249 g/mol. The number of pyridine rings is 1. The van der Waals surface area contributed by atoms with Crippen LogP contribution in [0.5, 0.6) is 0 Å². The monoisotopic (exact) mass is 263 g/mol. The van der Waals surface area contributed by atoms with Crippen LogP contribution in [0.3, 0.4) is 0 Å². The quantitative estimate of drug-likeness (QED) is 0.675. The number of benzene rings is 1. The Morgan fingerprint density at radius 1 is 1.33 bits per heavy atom. The normalized spacial score (nSPS) is 17.8. The molecule has 18 heavy (non-hydrogen) atoms. The zero-order chi connectivity index (χ0) is 12.9. The first-order chi connectivity index (χ1) is 8.49. The minimum absolute atomic E-state index is 0.0554. The molecule has 0 unspecified atom stereocenters. The molecule has 0 atom stereocenters. The molecule has 0 amide bonds. The van der Waals surface area contributed by atoms with Crippen molar-refractivity contribution in [2.45, 2.75) is 38.5 Å². The molecule has 1 aliphatic carbocycles. The molecule has 0 spiro atoms. The highest BCUT2D eigenvalue weighted by Crippen LogP contribution is 2.41. The highest BCUT2D eigenvalue weighted by molar-refractivity contribution is 6.36. The third-order valence-electron chi connectivity index (χ3n) is 3.85. The Morgan fingerprint density at radius 3 is 2.89 bits per heavy atom. The number of halogens is 2. The number of rotatable bonds is 0. The maximum absolute atomic E-state index is 13.3. The Bertz CT molecular complexity index is 634. The summed E-state index contributed by atoms with van der Waals surface area (Å²) in [4.78, 5) is 4.72. The molecule has 0 aliphatic heterocycles. The van der Waals surface area contributed by atoms with E-state index in [1.54, 1.807) is 6.07 Å². The highest BCUT2D eigenvalue weighted by atomic mass is 35.5. The predicted molar refractivity (Wildman–Crippen MR) is 72.7 cm³/mol. The van der Waals surface area contributed by atoms with Crippen LogP contribution in [0.2, 0.25) is 5.02 Å². The van der Waals surface area contributed by atoms with Gasteiger partial charge < -0.3 is 0 Å². The van der Waals surface area contributed by atoms with E-state index in [4.69, 9.17) is 16.6 Å². The van der Waals surface area contributed by atoms with E-state index < -0.39 is 0 Å². The van der Waals surface area contributed by atoms with Gasteiger partial charge in [0.2, 0.25) is 0 Å². The predicted octanol–water partition coefficient (Wildman–Crippen LogP) is 4.64. The zero-order valence-electron chi connectivity index (χ0n) is 10.6. The van der Waals surface area contributed by atoms with E-state index in [0.717, 1.165) is 41.4 Å². The number of hydrogen-bond acceptors (Lipinski definition) is 1. The molecule has 1 heterocycles. The minimum Gasteiger partial charge on any atom is -0.252 e. The molecule has 0 N–H and O–H groups in total. The van der Waals surface area contributed by atoms with E-state index in [-0.39, 0.29) is 11.2 Å². The van der Waals surface area contributed by atoms with Crippen molar-refractivity contribution in [1.29, 1.82) is 0 Å². The number of nitrogens with zero attached hydrogens (tertiary/aromatic N) is 1. The van der Waals surface area contributed by atoms with Crippen LogP contribution in [-0.4, -0.2) is 4.98 Å². The fourth-order valence-corrected chi connectivity index (χ4v) is 3.18. The van der Waals surface area contributed by atoms with E-state index >= 15 is 0 Å². The van der Waals surface area contributed by atoms with Crippen molar-refractivity contribution in [3.8, 4) is 0 Å². The molecule has 1 nitrogen and oxygen atoms in total. The van der Waals surface area contributed by atoms with E-state index in [1.165, 1.54) is 12.1 Å². The summed E-state index contributed by atoms with van der Waals surface area (Å²) in [6.07, 6.45) is 3.18. The largest absolute Gasteiger partial charge is 0.252 e. The zero-order valence-corrected chi connectivity index (χ0v) is 11.3. The van der Waals surface area contributed by atoms with Gasteiger partial charge in [0.15, 0.2) is 0 Å². The first kappa shape index (κ1) is 11.9. The van der Waals surface area contributed by atoms with Crippen molar-refractivity contribution in [1.82, 2.24) is 4.98 Å². The van der Waals surface area contributed by atoms with Crippen molar-refractivity contribution < 1.29 is 4.39 Å². The van der Waals surface area contributed by atoms with Crippen molar-refractivity contribution in [3.63, 3.8) is 0 Å². The first-order valence-electron chi connectivity index (χ1n) is 6.27. The van der Waals surface area contributed by atoms with Gasteiger partial charge in [-0.25, -0.2) is 4.39 Å². The van der Waals surface area contributed by atoms with Crippen LogP contribution in [0.25, 0.3) is 10.9 Å². The first-order valence-corrected chi connectivity index (χ1v) is 6.65. The Morgan fingerprint density at radius 2 is 2.11 bits per heavy atom. The van der Waals surface area contributed by atoms with E-state index in [1.807, 2.05) is 0 Å². The second-order valence-electron chi connectivity index (χ2n) is 5.65. The minimum atomic E-state index is -0.263. The number of hydrogen-bond donors (Lipinski definition) is 0. The standard InChI is InChI=1S/C15H15ClFN/c1-15(2)7-3-4-10-13(16)11-8-9(17)5-6-12(11)18-14(10)15/h5-6,8H,3-4,7H2,1-2H3. The van der Waals surface area contributed by atoms with Gasteiger partial charge in [0, 0.05) is 10.8 Å². The molecule has 3 rings (SSSR count). The average Bonchev–Trinajstić information content (AvgIpc) is 2.31. The Labute approximate surface area is 111 Å². The molecule has 1 aromatic carbocycles.